The third-order valence-corrected chi connectivity index (χ3v) is 6.41. The first-order valence-corrected chi connectivity index (χ1v) is 12.6. The number of amides is 2. The van der Waals surface area contributed by atoms with Gasteiger partial charge in [0, 0.05) is 49.6 Å². The van der Waals surface area contributed by atoms with Crippen molar-refractivity contribution in [2.45, 2.75) is 26.1 Å². The minimum Gasteiger partial charge on any atom is -0.394 e. The summed E-state index contributed by atoms with van der Waals surface area (Å²) in [5.41, 5.74) is 3.07. The number of nitrogens with zero attached hydrogens (tertiary/aromatic N) is 5. The van der Waals surface area contributed by atoms with Crippen LogP contribution in [0.1, 0.15) is 28.7 Å². The van der Waals surface area contributed by atoms with Crippen LogP contribution in [0.4, 0.5) is 11.5 Å². The Kier molecular flexibility index (Phi) is 7.66. The van der Waals surface area contributed by atoms with Gasteiger partial charge in [0.15, 0.2) is 5.82 Å². The van der Waals surface area contributed by atoms with Gasteiger partial charge in [0.05, 0.1) is 37.5 Å². The molecule has 3 N–H and O–H groups in total. The first-order chi connectivity index (χ1) is 18.5. The summed E-state index contributed by atoms with van der Waals surface area (Å²) in [4.78, 5) is 37.8. The fraction of sp³-hybridized carbons (Fsp3) is 0.333. The summed E-state index contributed by atoms with van der Waals surface area (Å²) < 4.78 is 7.34. The maximum absolute atomic E-state index is 12.7. The Hall–Kier alpha value is -4.22. The average molecular weight is 518 g/mol. The van der Waals surface area contributed by atoms with E-state index in [1.165, 1.54) is 0 Å². The van der Waals surface area contributed by atoms with Gasteiger partial charge in [0.2, 0.25) is 5.91 Å². The number of imidazole rings is 1. The number of pyridine rings is 1. The molecule has 0 unspecified atom stereocenters. The zero-order valence-electron chi connectivity index (χ0n) is 21.2. The average Bonchev–Trinajstić information content (AvgIpc) is 3.43. The van der Waals surface area contributed by atoms with E-state index in [2.05, 4.69) is 25.5 Å². The number of nitrogens with one attached hydrogen (secondary N) is 2. The molecule has 1 saturated heterocycles. The third kappa shape index (κ3) is 5.84. The number of aliphatic hydroxyl groups excluding tert-OH is 1. The third-order valence-electron chi connectivity index (χ3n) is 6.41. The summed E-state index contributed by atoms with van der Waals surface area (Å²) >= 11 is 0. The second kappa shape index (κ2) is 11.4. The predicted molar refractivity (Wildman–Crippen MR) is 142 cm³/mol. The largest absolute Gasteiger partial charge is 0.394 e. The van der Waals surface area contributed by atoms with Crippen LogP contribution in [-0.4, -0.2) is 75.3 Å². The van der Waals surface area contributed by atoms with E-state index in [-0.39, 0.29) is 30.9 Å². The Morgan fingerprint density at radius 2 is 2.00 bits per heavy atom. The Bertz CT molecular complexity index is 1310. The van der Waals surface area contributed by atoms with E-state index in [1.807, 2.05) is 41.2 Å². The lowest BCUT2D eigenvalue weighted by Gasteiger charge is -2.29. The smallest absolute Gasteiger partial charge is 0.255 e. The van der Waals surface area contributed by atoms with Crippen LogP contribution in [0, 0.1) is 0 Å². The van der Waals surface area contributed by atoms with Gasteiger partial charge in [0.25, 0.3) is 5.91 Å². The molecule has 198 valence electrons. The van der Waals surface area contributed by atoms with Crippen LogP contribution in [0.15, 0.2) is 61.2 Å². The summed E-state index contributed by atoms with van der Waals surface area (Å²) in [5, 5.41) is 15.3. The van der Waals surface area contributed by atoms with Gasteiger partial charge in [0.1, 0.15) is 12.5 Å². The SMILES string of the molecule is C[C@@H](CO)NC(=O)Cc1cccc(N2C=C(Nc3ccc(C(=O)N4CCOCC4)cn3)c3nccn3C2)c1. The molecule has 0 bridgehead atoms. The van der Waals surface area contributed by atoms with E-state index < -0.39 is 0 Å². The standard InChI is InChI=1S/C27H31N7O4/c1-19(17-35)30-25(36)14-20-3-2-4-22(13-20)34-16-23(26-28-7-8-33(26)18-34)31-24-6-5-21(15-29-24)27(37)32-9-11-38-12-10-32/h2-8,13,15-16,19,35H,9-12,14,17-18H2,1H3,(H,29,31)(H,30,36)/t19-/m0/s1. The molecule has 0 aliphatic carbocycles. The molecule has 5 rings (SSSR count). The number of benzene rings is 1. The van der Waals surface area contributed by atoms with E-state index >= 15 is 0 Å². The highest BCUT2D eigenvalue weighted by atomic mass is 16.5. The summed E-state index contributed by atoms with van der Waals surface area (Å²) in [7, 11) is 0. The molecule has 11 nitrogen and oxygen atoms in total. The van der Waals surface area contributed by atoms with Crippen molar-refractivity contribution in [1.29, 1.82) is 0 Å². The number of hydrogen-bond donors (Lipinski definition) is 3. The molecule has 4 heterocycles. The molecule has 2 amide bonds. The lowest BCUT2D eigenvalue weighted by Crippen LogP contribution is -2.40. The van der Waals surface area contributed by atoms with Crippen molar-refractivity contribution in [3.05, 3.63) is 78.1 Å². The van der Waals surface area contributed by atoms with Crippen molar-refractivity contribution in [3.63, 3.8) is 0 Å². The number of hydrogen-bond acceptors (Lipinski definition) is 8. The van der Waals surface area contributed by atoms with Crippen molar-refractivity contribution < 1.29 is 19.4 Å². The monoisotopic (exact) mass is 517 g/mol. The van der Waals surface area contributed by atoms with Gasteiger partial charge in [-0.3, -0.25) is 9.59 Å². The van der Waals surface area contributed by atoms with E-state index in [4.69, 9.17) is 4.74 Å². The fourth-order valence-corrected chi connectivity index (χ4v) is 4.41. The first kappa shape index (κ1) is 25.4. The topological polar surface area (TPSA) is 125 Å². The number of aliphatic hydroxyl groups is 1. The Morgan fingerprint density at radius 1 is 1.16 bits per heavy atom. The quantitative estimate of drug-likeness (QED) is 0.412. The normalized spacial score (nSPS) is 15.9. The van der Waals surface area contributed by atoms with Crippen LogP contribution >= 0.6 is 0 Å². The van der Waals surface area contributed by atoms with Crippen LogP contribution < -0.4 is 15.5 Å². The van der Waals surface area contributed by atoms with Gasteiger partial charge in [-0.15, -0.1) is 0 Å². The van der Waals surface area contributed by atoms with Crippen molar-refractivity contribution >= 4 is 29.0 Å². The van der Waals surface area contributed by atoms with Gasteiger partial charge in [-0.25, -0.2) is 9.97 Å². The molecule has 11 heteroatoms. The van der Waals surface area contributed by atoms with Gasteiger partial charge >= 0.3 is 0 Å². The van der Waals surface area contributed by atoms with Gasteiger partial charge < -0.3 is 34.8 Å². The van der Waals surface area contributed by atoms with Crippen LogP contribution in [0.2, 0.25) is 0 Å². The minimum absolute atomic E-state index is 0.0506. The number of carbonyl (C=O) groups excluding carboxylic acids is 2. The summed E-state index contributed by atoms with van der Waals surface area (Å²) in [6, 6.07) is 11.1. The van der Waals surface area contributed by atoms with Gasteiger partial charge in [-0.2, -0.15) is 0 Å². The number of aromatic nitrogens is 3. The zero-order valence-corrected chi connectivity index (χ0v) is 21.2. The van der Waals surface area contributed by atoms with Crippen molar-refractivity contribution in [1.82, 2.24) is 24.8 Å². The number of ether oxygens (including phenoxy) is 1. The Balaban J connectivity index is 1.32. The van der Waals surface area contributed by atoms with Crippen LogP contribution in [-0.2, 0) is 22.6 Å². The Morgan fingerprint density at radius 3 is 2.76 bits per heavy atom. The van der Waals surface area contributed by atoms with E-state index in [0.29, 0.717) is 44.4 Å². The van der Waals surface area contributed by atoms with Crippen molar-refractivity contribution in [2.75, 3.05) is 43.1 Å². The lowest BCUT2D eigenvalue weighted by atomic mass is 10.1. The van der Waals surface area contributed by atoms with Crippen molar-refractivity contribution in [2.24, 2.45) is 0 Å². The molecule has 0 radical (unpaired) electrons. The maximum Gasteiger partial charge on any atom is 0.255 e. The summed E-state index contributed by atoms with van der Waals surface area (Å²) in [5.74, 6) is 1.17. The second-order valence-electron chi connectivity index (χ2n) is 9.33. The molecule has 3 aromatic rings. The zero-order chi connectivity index (χ0) is 26.5. The predicted octanol–water partition coefficient (Wildman–Crippen LogP) is 1.68. The highest BCUT2D eigenvalue weighted by molar-refractivity contribution is 5.94. The minimum atomic E-state index is -0.288. The van der Waals surface area contributed by atoms with E-state index in [0.717, 1.165) is 22.8 Å². The summed E-state index contributed by atoms with van der Waals surface area (Å²) in [6.45, 7) is 4.47. The molecule has 1 atom stereocenters. The molecule has 38 heavy (non-hydrogen) atoms. The lowest BCUT2D eigenvalue weighted by molar-refractivity contribution is -0.121. The summed E-state index contributed by atoms with van der Waals surface area (Å²) in [6.07, 6.45) is 7.41. The fourth-order valence-electron chi connectivity index (χ4n) is 4.41. The Labute approximate surface area is 220 Å². The highest BCUT2D eigenvalue weighted by Crippen LogP contribution is 2.27. The van der Waals surface area contributed by atoms with E-state index in [9.17, 15) is 14.7 Å². The molecule has 2 aliphatic rings. The van der Waals surface area contributed by atoms with Crippen LogP contribution in [0.5, 0.6) is 0 Å². The molecule has 1 fully saturated rings. The van der Waals surface area contributed by atoms with Crippen LogP contribution in [0.25, 0.3) is 5.70 Å². The van der Waals surface area contributed by atoms with Crippen molar-refractivity contribution in [3.8, 4) is 0 Å². The van der Waals surface area contributed by atoms with Crippen LogP contribution in [0.3, 0.4) is 0 Å². The second-order valence-corrected chi connectivity index (χ2v) is 9.33. The molecule has 0 saturated carbocycles. The number of carbonyl (C=O) groups is 2. The molecular formula is C27H31N7O4. The molecule has 2 aromatic heterocycles. The molecule has 1 aromatic carbocycles. The first-order valence-electron chi connectivity index (χ1n) is 12.6. The van der Waals surface area contributed by atoms with Gasteiger partial charge in [-0.1, -0.05) is 12.1 Å². The van der Waals surface area contributed by atoms with Gasteiger partial charge in [-0.05, 0) is 36.8 Å². The molecule has 0 spiro atoms. The molecule has 2 aliphatic heterocycles. The highest BCUT2D eigenvalue weighted by Gasteiger charge is 2.21. The maximum atomic E-state index is 12.7. The number of morpholine rings is 1. The number of anilines is 2. The number of rotatable bonds is 8. The van der Waals surface area contributed by atoms with E-state index in [1.54, 1.807) is 36.4 Å². The number of fused-ring (bicyclic) bond motifs is 1. The molecular weight excluding hydrogens is 486 g/mol.